The molecule has 0 saturated carbocycles. The number of rotatable bonds is 0. The Morgan fingerprint density at radius 1 is 0.944 bits per heavy atom. The van der Waals surface area contributed by atoms with Crippen LogP contribution in [0, 0.1) is 13.8 Å². The van der Waals surface area contributed by atoms with Gasteiger partial charge in [0, 0.05) is 17.7 Å². The first-order chi connectivity index (χ1) is 8.75. The summed E-state index contributed by atoms with van der Waals surface area (Å²) < 4.78 is 0. The number of fused-ring (bicyclic) bond motifs is 3. The number of aryl methyl sites for hydroxylation is 2. The monoisotopic (exact) mass is 233 g/mol. The van der Waals surface area contributed by atoms with Gasteiger partial charge in [0.15, 0.2) is 0 Å². The molecular formula is C17H15N. The lowest BCUT2D eigenvalue weighted by Gasteiger charge is -2.16. The van der Waals surface area contributed by atoms with Gasteiger partial charge in [-0.15, -0.1) is 0 Å². The molecule has 2 aromatic carbocycles. The zero-order valence-corrected chi connectivity index (χ0v) is 10.7. The van der Waals surface area contributed by atoms with Crippen LogP contribution in [-0.4, -0.2) is 12.3 Å². The predicted octanol–water partition coefficient (Wildman–Crippen LogP) is 3.68. The highest BCUT2D eigenvalue weighted by Gasteiger charge is 2.29. The van der Waals surface area contributed by atoms with Crippen molar-refractivity contribution in [3.8, 4) is 11.1 Å². The van der Waals surface area contributed by atoms with E-state index in [-0.39, 0.29) is 0 Å². The zero-order chi connectivity index (χ0) is 12.3. The van der Waals surface area contributed by atoms with E-state index in [1.807, 2.05) is 0 Å². The van der Waals surface area contributed by atoms with Crippen LogP contribution >= 0.6 is 0 Å². The molecule has 1 heterocycles. The average molecular weight is 233 g/mol. The van der Waals surface area contributed by atoms with Gasteiger partial charge in [0.2, 0.25) is 0 Å². The lowest BCUT2D eigenvalue weighted by atomic mass is 9.92. The van der Waals surface area contributed by atoms with Crippen molar-refractivity contribution in [2.45, 2.75) is 20.3 Å². The van der Waals surface area contributed by atoms with Crippen molar-refractivity contribution in [2.75, 3.05) is 6.54 Å². The summed E-state index contributed by atoms with van der Waals surface area (Å²) in [6.07, 6.45) is 1.09. The topological polar surface area (TPSA) is 12.4 Å². The van der Waals surface area contributed by atoms with Gasteiger partial charge in [-0.3, -0.25) is 4.99 Å². The molecule has 18 heavy (non-hydrogen) atoms. The fourth-order valence-electron chi connectivity index (χ4n) is 3.24. The summed E-state index contributed by atoms with van der Waals surface area (Å²) in [4.78, 5) is 4.78. The third-order valence-corrected chi connectivity index (χ3v) is 4.14. The summed E-state index contributed by atoms with van der Waals surface area (Å²) >= 11 is 0. The molecule has 0 spiro atoms. The third-order valence-electron chi connectivity index (χ3n) is 4.14. The van der Waals surface area contributed by atoms with Crippen LogP contribution in [0.3, 0.4) is 0 Å². The van der Waals surface area contributed by atoms with Gasteiger partial charge in [-0.25, -0.2) is 0 Å². The van der Waals surface area contributed by atoms with E-state index in [2.05, 4.69) is 44.2 Å². The molecule has 0 atom stereocenters. The number of aliphatic imine (C=N–C) groups is 1. The van der Waals surface area contributed by atoms with Crippen molar-refractivity contribution in [2.24, 2.45) is 4.99 Å². The lowest BCUT2D eigenvalue weighted by molar-refractivity contribution is 0.937. The molecule has 88 valence electrons. The maximum Gasteiger partial charge on any atom is 0.0734 e. The Labute approximate surface area is 107 Å². The molecule has 0 radical (unpaired) electrons. The van der Waals surface area contributed by atoms with Crippen LogP contribution in [0.5, 0.6) is 0 Å². The summed E-state index contributed by atoms with van der Waals surface area (Å²) in [5.41, 5.74) is 10.9. The lowest BCUT2D eigenvalue weighted by Crippen LogP contribution is -2.12. The minimum Gasteiger partial charge on any atom is -0.284 e. The van der Waals surface area contributed by atoms with Gasteiger partial charge in [0.05, 0.1) is 5.71 Å². The van der Waals surface area contributed by atoms with Gasteiger partial charge < -0.3 is 0 Å². The second-order valence-corrected chi connectivity index (χ2v) is 5.31. The maximum absolute atomic E-state index is 4.78. The van der Waals surface area contributed by atoms with Crippen LogP contribution in [0.1, 0.15) is 27.8 Å². The van der Waals surface area contributed by atoms with Crippen LogP contribution in [0.4, 0.5) is 0 Å². The Balaban J connectivity index is 2.14. The van der Waals surface area contributed by atoms with E-state index in [9.17, 15) is 0 Å². The highest BCUT2D eigenvalue weighted by atomic mass is 14.8. The first-order valence-electron chi connectivity index (χ1n) is 6.54. The molecule has 2 aliphatic rings. The molecule has 0 amide bonds. The molecule has 1 aliphatic carbocycles. The number of hydrogen-bond acceptors (Lipinski definition) is 1. The zero-order valence-electron chi connectivity index (χ0n) is 10.7. The van der Waals surface area contributed by atoms with E-state index in [0.717, 1.165) is 13.0 Å². The summed E-state index contributed by atoms with van der Waals surface area (Å²) in [7, 11) is 0. The Morgan fingerprint density at radius 2 is 1.78 bits per heavy atom. The quantitative estimate of drug-likeness (QED) is 0.561. The molecule has 0 aromatic heterocycles. The molecule has 1 heteroatoms. The highest BCUT2D eigenvalue weighted by molar-refractivity contribution is 6.25. The third kappa shape index (κ3) is 1.14. The molecule has 4 rings (SSSR count). The first-order valence-corrected chi connectivity index (χ1v) is 6.54. The first kappa shape index (κ1) is 10.1. The van der Waals surface area contributed by atoms with Crippen molar-refractivity contribution in [3.05, 3.63) is 58.1 Å². The van der Waals surface area contributed by atoms with Gasteiger partial charge in [-0.05, 0) is 48.6 Å². The van der Waals surface area contributed by atoms with Crippen LogP contribution in [0.15, 0.2) is 35.3 Å². The Kier molecular flexibility index (Phi) is 1.86. The largest absolute Gasteiger partial charge is 0.284 e. The van der Waals surface area contributed by atoms with Crippen LogP contribution in [0.2, 0.25) is 0 Å². The van der Waals surface area contributed by atoms with Gasteiger partial charge in [0.25, 0.3) is 0 Å². The Morgan fingerprint density at radius 3 is 2.67 bits per heavy atom. The van der Waals surface area contributed by atoms with E-state index in [0.29, 0.717) is 0 Å². The molecule has 1 aliphatic heterocycles. The van der Waals surface area contributed by atoms with E-state index in [4.69, 9.17) is 4.99 Å². The molecule has 0 bridgehead atoms. The second kappa shape index (κ2) is 3.32. The minimum atomic E-state index is 0.931. The standard InChI is InChI=1S/C17H15N/c1-10-3-5-13-14-6-4-11(2)12-7-8-18-17(16(12)14)15(13)9-10/h3-6,9H,7-8H2,1-2H3. The smallest absolute Gasteiger partial charge is 0.0734 e. The highest BCUT2D eigenvalue weighted by Crippen LogP contribution is 2.41. The van der Waals surface area contributed by atoms with Crippen molar-refractivity contribution in [3.63, 3.8) is 0 Å². The number of benzene rings is 2. The van der Waals surface area contributed by atoms with Crippen LogP contribution in [0.25, 0.3) is 11.1 Å². The summed E-state index contributed by atoms with van der Waals surface area (Å²) in [5, 5.41) is 0. The molecule has 0 N–H and O–H groups in total. The molecule has 0 unspecified atom stereocenters. The molecule has 2 aromatic rings. The average Bonchev–Trinajstić information content (AvgIpc) is 2.69. The van der Waals surface area contributed by atoms with Crippen molar-refractivity contribution in [1.29, 1.82) is 0 Å². The van der Waals surface area contributed by atoms with Crippen molar-refractivity contribution < 1.29 is 0 Å². The maximum atomic E-state index is 4.78. The van der Waals surface area contributed by atoms with Crippen LogP contribution < -0.4 is 0 Å². The van der Waals surface area contributed by atoms with Crippen molar-refractivity contribution in [1.82, 2.24) is 0 Å². The molecule has 0 fully saturated rings. The number of nitrogens with zero attached hydrogens (tertiary/aromatic N) is 1. The van der Waals surface area contributed by atoms with Crippen molar-refractivity contribution >= 4 is 5.71 Å². The number of hydrogen-bond donors (Lipinski definition) is 0. The molecular weight excluding hydrogens is 218 g/mol. The summed E-state index contributed by atoms with van der Waals surface area (Å²) in [6.45, 7) is 5.30. The van der Waals surface area contributed by atoms with E-state index >= 15 is 0 Å². The minimum absolute atomic E-state index is 0.931. The van der Waals surface area contributed by atoms with Gasteiger partial charge in [0.1, 0.15) is 0 Å². The fourth-order valence-corrected chi connectivity index (χ4v) is 3.24. The van der Waals surface area contributed by atoms with Gasteiger partial charge in [-0.1, -0.05) is 29.8 Å². The SMILES string of the molecule is Cc1ccc2c(c1)C1=NCCc3c(C)ccc-2c31. The van der Waals surface area contributed by atoms with Gasteiger partial charge in [-0.2, -0.15) is 0 Å². The summed E-state index contributed by atoms with van der Waals surface area (Å²) in [6, 6.07) is 11.2. The van der Waals surface area contributed by atoms with E-state index in [1.54, 1.807) is 0 Å². The van der Waals surface area contributed by atoms with E-state index in [1.165, 1.54) is 44.7 Å². The Hall–Kier alpha value is -1.89. The van der Waals surface area contributed by atoms with Gasteiger partial charge >= 0.3 is 0 Å². The fraction of sp³-hybridized carbons (Fsp3) is 0.235. The summed E-state index contributed by atoms with van der Waals surface area (Å²) in [5.74, 6) is 0. The molecule has 1 nitrogen and oxygen atoms in total. The van der Waals surface area contributed by atoms with E-state index < -0.39 is 0 Å². The molecule has 0 saturated heterocycles. The normalized spacial score (nSPS) is 15.1. The Bertz CT molecular complexity index is 708. The van der Waals surface area contributed by atoms with Crippen LogP contribution in [-0.2, 0) is 6.42 Å². The predicted molar refractivity (Wildman–Crippen MR) is 75.6 cm³/mol. The second-order valence-electron chi connectivity index (χ2n) is 5.31.